The molecule has 2 atom stereocenters. The van der Waals surface area contributed by atoms with Crippen molar-refractivity contribution in [1.29, 1.82) is 0 Å². The summed E-state index contributed by atoms with van der Waals surface area (Å²) in [6.45, 7) is 12.6. The summed E-state index contributed by atoms with van der Waals surface area (Å²) >= 11 is 0. The lowest BCUT2D eigenvalue weighted by Gasteiger charge is -2.28. The van der Waals surface area contributed by atoms with E-state index in [2.05, 4.69) is 9.97 Å². The topological polar surface area (TPSA) is 113 Å². The Morgan fingerprint density at radius 2 is 1.65 bits per heavy atom. The van der Waals surface area contributed by atoms with Crippen LogP contribution in [0.5, 0.6) is 0 Å². The lowest BCUT2D eigenvalue weighted by Crippen LogP contribution is -2.44. The van der Waals surface area contributed by atoms with Gasteiger partial charge in [0.1, 0.15) is 16.6 Å². The lowest BCUT2D eigenvalue weighted by atomic mass is 9.97. The van der Waals surface area contributed by atoms with Crippen LogP contribution in [-0.4, -0.2) is 61.9 Å². The van der Waals surface area contributed by atoms with Gasteiger partial charge in [0.05, 0.1) is 18.6 Å². The van der Waals surface area contributed by atoms with Crippen LogP contribution >= 0.6 is 0 Å². The molecule has 37 heavy (non-hydrogen) atoms. The fraction of sp³-hybridized carbons (Fsp3) is 0.593. The summed E-state index contributed by atoms with van der Waals surface area (Å²) in [7, 11) is 0. The third-order valence-corrected chi connectivity index (χ3v) is 5.91. The minimum Gasteiger partial charge on any atom is -0.465 e. The maximum atomic E-state index is 13.1. The fourth-order valence-electron chi connectivity index (χ4n) is 4.20. The molecule has 1 fully saturated rings. The highest BCUT2D eigenvalue weighted by Gasteiger charge is 2.63. The van der Waals surface area contributed by atoms with E-state index in [4.69, 9.17) is 14.2 Å². The monoisotopic (exact) mass is 514 g/mol. The first kappa shape index (κ1) is 28.1. The third kappa shape index (κ3) is 7.08. The first-order valence-electron chi connectivity index (χ1n) is 12.6. The van der Waals surface area contributed by atoms with Gasteiger partial charge >= 0.3 is 18.2 Å². The van der Waals surface area contributed by atoms with Crippen LogP contribution < -0.4 is 0 Å². The zero-order valence-corrected chi connectivity index (χ0v) is 22.8. The number of hydrogen-bond acceptors (Lipinski definition) is 8. The van der Waals surface area contributed by atoms with E-state index >= 15 is 0 Å². The number of imide groups is 1. The van der Waals surface area contributed by atoms with Gasteiger partial charge in [0.15, 0.2) is 0 Å². The van der Waals surface area contributed by atoms with Crippen molar-refractivity contribution in [3.05, 3.63) is 42.7 Å². The summed E-state index contributed by atoms with van der Waals surface area (Å²) in [6.07, 6.45) is 7.02. The van der Waals surface area contributed by atoms with Gasteiger partial charge in [0.25, 0.3) is 0 Å². The molecule has 1 aliphatic rings. The average Bonchev–Trinajstić information content (AvgIpc) is 3.30. The maximum Gasteiger partial charge on any atom is 0.419 e. The van der Waals surface area contributed by atoms with Crippen molar-refractivity contribution >= 4 is 18.2 Å². The molecular weight excluding hydrogens is 476 g/mol. The number of carbonyl (C=O) groups excluding carboxylic acids is 3. The molecule has 1 saturated carbocycles. The van der Waals surface area contributed by atoms with Crippen molar-refractivity contribution in [2.24, 2.45) is 5.92 Å². The van der Waals surface area contributed by atoms with Gasteiger partial charge in [-0.05, 0) is 85.8 Å². The Labute approximate surface area is 218 Å². The number of aromatic nitrogens is 3. The standard InChI is InChI=1S/C27H38N4O6/c1-8-35-22(32)27(21-17-30(18-29-21)20-11-13-28-14-12-20)16-19(27)10-9-15-31(23(33)36-25(2,3)4)24(34)37-26(5,6)7/h11-14,17-19H,8-10,15-16H2,1-7H3. The van der Waals surface area contributed by atoms with Gasteiger partial charge in [-0.3, -0.25) is 9.78 Å². The van der Waals surface area contributed by atoms with Gasteiger partial charge in [-0.15, -0.1) is 0 Å². The molecule has 2 unspecified atom stereocenters. The molecule has 0 aromatic carbocycles. The highest BCUT2D eigenvalue weighted by Crippen LogP contribution is 2.57. The van der Waals surface area contributed by atoms with Crippen LogP contribution in [0.3, 0.4) is 0 Å². The quantitative estimate of drug-likeness (QED) is 0.356. The van der Waals surface area contributed by atoms with E-state index in [-0.39, 0.29) is 25.0 Å². The van der Waals surface area contributed by atoms with Crippen LogP contribution in [-0.2, 0) is 24.4 Å². The molecule has 0 aliphatic heterocycles. The summed E-state index contributed by atoms with van der Waals surface area (Å²) in [5.74, 6) is -0.345. The minimum atomic E-state index is -0.850. The molecule has 2 heterocycles. The SMILES string of the molecule is CCOC(=O)C1(c2cn(-c3ccncc3)cn2)CC1CCCN(C(=O)OC(C)(C)C)C(=O)OC(C)(C)C. The highest BCUT2D eigenvalue weighted by molar-refractivity contribution is 5.88. The number of rotatable bonds is 8. The van der Waals surface area contributed by atoms with Gasteiger partial charge < -0.3 is 18.8 Å². The number of amides is 2. The predicted octanol–water partition coefficient (Wildman–Crippen LogP) is 5.04. The normalized spacial score (nSPS) is 19.2. The number of carbonyl (C=O) groups is 3. The molecule has 2 amide bonds. The van der Waals surface area contributed by atoms with Crippen molar-refractivity contribution in [3.63, 3.8) is 0 Å². The Bertz CT molecular complexity index is 1070. The van der Waals surface area contributed by atoms with Gasteiger partial charge in [0, 0.05) is 30.8 Å². The van der Waals surface area contributed by atoms with Gasteiger partial charge in [0.2, 0.25) is 0 Å². The van der Waals surface area contributed by atoms with E-state index in [1.54, 1.807) is 67.2 Å². The first-order valence-corrected chi connectivity index (χ1v) is 12.6. The first-order chi connectivity index (χ1) is 17.3. The summed E-state index contributed by atoms with van der Waals surface area (Å²) in [5.41, 5.74) is -0.850. The maximum absolute atomic E-state index is 13.1. The predicted molar refractivity (Wildman–Crippen MR) is 136 cm³/mol. The zero-order valence-electron chi connectivity index (χ0n) is 22.8. The van der Waals surface area contributed by atoms with E-state index in [1.165, 1.54) is 0 Å². The Balaban J connectivity index is 1.73. The van der Waals surface area contributed by atoms with Crippen molar-refractivity contribution in [1.82, 2.24) is 19.4 Å². The number of pyridine rings is 1. The molecule has 2 aromatic rings. The second kappa shape index (κ2) is 10.9. The molecular formula is C27H38N4O6. The van der Waals surface area contributed by atoms with Crippen molar-refractivity contribution in [2.45, 2.75) is 84.3 Å². The largest absolute Gasteiger partial charge is 0.465 e. The van der Waals surface area contributed by atoms with E-state index in [9.17, 15) is 14.4 Å². The van der Waals surface area contributed by atoms with E-state index in [1.807, 2.05) is 22.9 Å². The van der Waals surface area contributed by atoms with Crippen LogP contribution in [0.15, 0.2) is 37.1 Å². The average molecular weight is 515 g/mol. The van der Waals surface area contributed by atoms with Gasteiger partial charge in [-0.2, -0.15) is 0 Å². The van der Waals surface area contributed by atoms with Crippen LogP contribution in [0.2, 0.25) is 0 Å². The number of esters is 1. The Morgan fingerprint density at radius 3 is 2.19 bits per heavy atom. The summed E-state index contributed by atoms with van der Waals surface area (Å²) in [5, 5.41) is 0. The molecule has 0 radical (unpaired) electrons. The summed E-state index contributed by atoms with van der Waals surface area (Å²) < 4.78 is 18.1. The molecule has 0 bridgehead atoms. The molecule has 1 aliphatic carbocycles. The summed E-state index contributed by atoms with van der Waals surface area (Å²) in [4.78, 5) is 48.2. The highest BCUT2D eigenvalue weighted by atomic mass is 16.6. The second-order valence-corrected chi connectivity index (χ2v) is 11.2. The van der Waals surface area contributed by atoms with Crippen molar-refractivity contribution in [2.75, 3.05) is 13.2 Å². The lowest BCUT2D eigenvalue weighted by molar-refractivity contribution is -0.146. The van der Waals surface area contributed by atoms with Crippen molar-refractivity contribution < 1.29 is 28.6 Å². The van der Waals surface area contributed by atoms with Crippen LogP contribution in [0, 0.1) is 5.92 Å². The van der Waals surface area contributed by atoms with Crippen LogP contribution in [0.1, 0.15) is 73.4 Å². The smallest absolute Gasteiger partial charge is 0.419 e. The molecule has 202 valence electrons. The molecule has 0 saturated heterocycles. The Morgan fingerprint density at radius 1 is 1.05 bits per heavy atom. The van der Waals surface area contributed by atoms with E-state index in [0.717, 1.165) is 10.6 Å². The van der Waals surface area contributed by atoms with E-state index < -0.39 is 28.8 Å². The summed E-state index contributed by atoms with van der Waals surface area (Å²) in [6, 6.07) is 3.71. The Hall–Kier alpha value is -3.43. The number of imidazole rings is 1. The molecule has 10 heteroatoms. The van der Waals surface area contributed by atoms with Gasteiger partial charge in [-0.25, -0.2) is 19.5 Å². The molecule has 3 rings (SSSR count). The molecule has 0 N–H and O–H groups in total. The fourth-order valence-corrected chi connectivity index (χ4v) is 4.20. The van der Waals surface area contributed by atoms with Crippen LogP contribution in [0.4, 0.5) is 9.59 Å². The molecule has 0 spiro atoms. The molecule has 10 nitrogen and oxygen atoms in total. The number of hydrogen-bond donors (Lipinski definition) is 0. The van der Waals surface area contributed by atoms with Gasteiger partial charge in [-0.1, -0.05) is 0 Å². The van der Waals surface area contributed by atoms with Crippen LogP contribution in [0.25, 0.3) is 5.69 Å². The van der Waals surface area contributed by atoms with Crippen molar-refractivity contribution in [3.8, 4) is 5.69 Å². The number of ether oxygens (including phenoxy) is 3. The minimum absolute atomic E-state index is 0.0357. The van der Waals surface area contributed by atoms with E-state index in [0.29, 0.717) is 25.0 Å². The second-order valence-electron chi connectivity index (χ2n) is 11.2. The Kier molecular flexibility index (Phi) is 8.29. The number of nitrogens with zero attached hydrogens (tertiary/aromatic N) is 4. The molecule has 2 aromatic heterocycles. The zero-order chi connectivity index (χ0) is 27.4. The third-order valence-electron chi connectivity index (χ3n) is 5.91.